The van der Waals surface area contributed by atoms with E-state index in [-0.39, 0.29) is 18.9 Å². The normalized spacial score (nSPS) is 10.5. The summed E-state index contributed by atoms with van der Waals surface area (Å²) < 4.78 is 35.7. The third-order valence-electron chi connectivity index (χ3n) is 7.55. The van der Waals surface area contributed by atoms with Crippen molar-refractivity contribution in [3.05, 3.63) is 93.8 Å². The Morgan fingerprint density at radius 2 is 1.45 bits per heavy atom. The molecule has 0 saturated heterocycles. The van der Waals surface area contributed by atoms with Crippen LogP contribution in [0.2, 0.25) is 0 Å². The van der Waals surface area contributed by atoms with Gasteiger partial charge in [-0.25, -0.2) is 18.8 Å². The van der Waals surface area contributed by atoms with E-state index in [0.717, 1.165) is 27.8 Å². The van der Waals surface area contributed by atoms with Crippen LogP contribution in [0.4, 0.5) is 14.9 Å². The summed E-state index contributed by atoms with van der Waals surface area (Å²) in [6.07, 6.45) is 2.94. The number of allylic oxidation sites excluding steroid dienone is 2. The zero-order valence-corrected chi connectivity index (χ0v) is 28.2. The molecule has 1 amide bonds. The fraction of sp³-hybridized carbons (Fsp3) is 0.324. The van der Waals surface area contributed by atoms with Crippen LogP contribution < -0.4 is 9.64 Å². The van der Waals surface area contributed by atoms with E-state index in [0.29, 0.717) is 33.5 Å². The molecular formula is C37H42FNO8. The number of rotatable bonds is 12. The predicted octanol–water partition coefficient (Wildman–Crippen LogP) is 7.62. The molecule has 0 aliphatic heterocycles. The molecule has 0 fully saturated rings. The molecule has 3 aromatic carbocycles. The van der Waals surface area contributed by atoms with Crippen LogP contribution in [0.1, 0.15) is 54.7 Å². The van der Waals surface area contributed by atoms with Crippen LogP contribution in [0.15, 0.2) is 65.8 Å². The third kappa shape index (κ3) is 9.07. The van der Waals surface area contributed by atoms with E-state index in [4.69, 9.17) is 19.3 Å². The number of aliphatic hydroxyl groups is 1. The summed E-state index contributed by atoms with van der Waals surface area (Å²) in [6.45, 7) is 12.3. The number of aliphatic hydroxyl groups excluding tert-OH is 1. The molecule has 0 spiro atoms. The van der Waals surface area contributed by atoms with Gasteiger partial charge in [0, 0.05) is 12.2 Å². The highest BCUT2D eigenvalue weighted by molar-refractivity contribution is 6.03. The van der Waals surface area contributed by atoms with Gasteiger partial charge in [0.2, 0.25) is 6.79 Å². The number of methoxy groups -OCH3 is 1. The lowest BCUT2D eigenvalue weighted by Gasteiger charge is -2.23. The van der Waals surface area contributed by atoms with Gasteiger partial charge in [-0.05, 0) is 118 Å². The second kappa shape index (κ2) is 16.6. The summed E-state index contributed by atoms with van der Waals surface area (Å²) in [4.78, 5) is 38.8. The van der Waals surface area contributed by atoms with Crippen molar-refractivity contribution in [1.29, 1.82) is 0 Å². The van der Waals surface area contributed by atoms with Gasteiger partial charge in [0.1, 0.15) is 13.2 Å². The van der Waals surface area contributed by atoms with Gasteiger partial charge < -0.3 is 24.1 Å². The Morgan fingerprint density at radius 3 is 2.02 bits per heavy atom. The number of nitrogens with zero attached hydrogens (tertiary/aromatic N) is 1. The molecule has 47 heavy (non-hydrogen) atoms. The van der Waals surface area contributed by atoms with Crippen molar-refractivity contribution >= 4 is 23.7 Å². The average Bonchev–Trinajstić information content (AvgIpc) is 3.03. The molecule has 250 valence electrons. The van der Waals surface area contributed by atoms with E-state index in [9.17, 15) is 14.4 Å². The van der Waals surface area contributed by atoms with Gasteiger partial charge in [-0.2, -0.15) is 0 Å². The van der Waals surface area contributed by atoms with Crippen molar-refractivity contribution in [1.82, 2.24) is 0 Å². The van der Waals surface area contributed by atoms with E-state index >= 15 is 4.39 Å². The highest BCUT2D eigenvalue weighted by atomic mass is 19.1. The molecule has 0 aromatic heterocycles. The third-order valence-corrected chi connectivity index (χ3v) is 7.55. The first-order valence-corrected chi connectivity index (χ1v) is 15.0. The first-order chi connectivity index (χ1) is 22.3. The maximum Gasteiger partial charge on any atom is 0.417 e. The molecule has 0 aliphatic rings. The Labute approximate surface area is 275 Å². The first-order valence-electron chi connectivity index (χ1n) is 15.0. The lowest BCUT2D eigenvalue weighted by Crippen LogP contribution is -2.32. The van der Waals surface area contributed by atoms with E-state index in [1.165, 1.54) is 18.1 Å². The van der Waals surface area contributed by atoms with E-state index in [1.807, 2.05) is 60.6 Å². The van der Waals surface area contributed by atoms with Gasteiger partial charge in [-0.3, -0.25) is 4.90 Å². The Balaban J connectivity index is 2.07. The number of hydrogen-bond acceptors (Lipinski definition) is 8. The van der Waals surface area contributed by atoms with Gasteiger partial charge in [0.25, 0.3) is 0 Å². The molecule has 10 heteroatoms. The number of halogens is 1. The van der Waals surface area contributed by atoms with Gasteiger partial charge in [-0.1, -0.05) is 35.4 Å². The number of amides is 1. The fourth-order valence-electron chi connectivity index (χ4n) is 5.02. The predicted molar refractivity (Wildman–Crippen MR) is 179 cm³/mol. The molecular weight excluding hydrogens is 605 g/mol. The number of ether oxygens (including phenoxy) is 4. The highest BCUT2D eigenvalue weighted by Gasteiger charge is 2.26. The minimum Gasteiger partial charge on any atom is -0.486 e. The van der Waals surface area contributed by atoms with Gasteiger partial charge in [0.15, 0.2) is 11.6 Å². The largest absolute Gasteiger partial charge is 0.486 e. The molecule has 0 atom stereocenters. The Morgan fingerprint density at radius 1 is 0.830 bits per heavy atom. The van der Waals surface area contributed by atoms with Crippen molar-refractivity contribution in [3.63, 3.8) is 0 Å². The molecule has 3 rings (SSSR count). The summed E-state index contributed by atoms with van der Waals surface area (Å²) in [5, 5.41) is 8.83. The maximum absolute atomic E-state index is 15.2. The topological polar surface area (TPSA) is 112 Å². The molecule has 0 radical (unpaired) electrons. The van der Waals surface area contributed by atoms with Crippen LogP contribution in [-0.2, 0) is 19.0 Å². The summed E-state index contributed by atoms with van der Waals surface area (Å²) in [7, 11) is 1.31. The first kappa shape index (κ1) is 36.5. The number of carbonyl (C=O) groups excluding carboxylic acids is 3. The molecule has 0 aliphatic carbocycles. The van der Waals surface area contributed by atoms with E-state index in [2.05, 4.69) is 4.74 Å². The van der Waals surface area contributed by atoms with Crippen molar-refractivity contribution in [3.8, 4) is 28.0 Å². The Bertz CT molecular complexity index is 1680. The summed E-state index contributed by atoms with van der Waals surface area (Å²) >= 11 is 0. The van der Waals surface area contributed by atoms with Crippen LogP contribution in [0.3, 0.4) is 0 Å². The Hall–Kier alpha value is -4.96. The van der Waals surface area contributed by atoms with Crippen LogP contribution in [0.5, 0.6) is 5.75 Å². The van der Waals surface area contributed by atoms with Crippen molar-refractivity contribution in [2.45, 2.75) is 48.5 Å². The molecule has 0 heterocycles. The zero-order chi connectivity index (χ0) is 34.8. The molecule has 3 aromatic rings. The minimum absolute atomic E-state index is 0.136. The monoisotopic (exact) mass is 647 g/mol. The molecule has 0 bridgehead atoms. The lowest BCUT2D eigenvalue weighted by molar-refractivity contribution is -0.154. The summed E-state index contributed by atoms with van der Waals surface area (Å²) in [5.74, 6) is -1.84. The van der Waals surface area contributed by atoms with Crippen LogP contribution >= 0.6 is 0 Å². The quantitative estimate of drug-likeness (QED) is 0.121. The second-order valence-corrected chi connectivity index (χ2v) is 11.4. The fourth-order valence-corrected chi connectivity index (χ4v) is 5.02. The minimum atomic E-state index is -0.919. The lowest BCUT2D eigenvalue weighted by atomic mass is 9.82. The number of esters is 2. The van der Waals surface area contributed by atoms with Gasteiger partial charge in [-0.15, -0.1) is 0 Å². The van der Waals surface area contributed by atoms with Crippen LogP contribution in [0.25, 0.3) is 22.3 Å². The SMILES string of the molecule is COC(=O)c1c(C)c(-c2ccc(OCC=C(C)C)c(F)c2)c(C)c(C)c1-c1ccc(N(CC=C(C)C)C(=O)OCOC(=O)CO)cc1. The van der Waals surface area contributed by atoms with Crippen LogP contribution in [-0.4, -0.2) is 56.8 Å². The number of benzene rings is 3. The standard InChI is InChI=1S/C37H42FNO8/c1-22(2)15-17-39(37(43)47-21-46-32(41)20-40)29-12-9-27(10-13-29)34-25(6)24(5)33(26(7)35(34)36(42)44-8)28-11-14-31(30(38)19-28)45-18-16-23(3)4/h9-16,19,40H,17-18,20-21H2,1-8H3. The van der Waals surface area contributed by atoms with Gasteiger partial charge >= 0.3 is 18.0 Å². The molecule has 0 unspecified atom stereocenters. The number of hydrogen-bond donors (Lipinski definition) is 1. The second-order valence-electron chi connectivity index (χ2n) is 11.4. The average molecular weight is 648 g/mol. The van der Waals surface area contributed by atoms with Crippen LogP contribution in [0, 0.1) is 26.6 Å². The van der Waals surface area contributed by atoms with Crippen molar-refractivity contribution < 1.29 is 42.8 Å². The smallest absolute Gasteiger partial charge is 0.417 e. The van der Waals surface area contributed by atoms with Crippen molar-refractivity contribution in [2.75, 3.05) is 38.6 Å². The van der Waals surface area contributed by atoms with E-state index < -0.39 is 37.2 Å². The maximum atomic E-state index is 15.2. The van der Waals surface area contributed by atoms with Gasteiger partial charge in [0.05, 0.1) is 12.7 Å². The van der Waals surface area contributed by atoms with E-state index in [1.54, 1.807) is 36.4 Å². The summed E-state index contributed by atoms with van der Waals surface area (Å²) in [6, 6.07) is 11.8. The number of anilines is 1. The van der Waals surface area contributed by atoms with Crippen molar-refractivity contribution in [2.24, 2.45) is 0 Å². The molecule has 9 nitrogen and oxygen atoms in total. The molecule has 1 N–H and O–H groups in total. The highest BCUT2D eigenvalue weighted by Crippen LogP contribution is 2.41. The zero-order valence-electron chi connectivity index (χ0n) is 28.2. The molecule has 0 saturated carbocycles. The summed E-state index contributed by atoms with van der Waals surface area (Å²) in [5.41, 5.74) is 7.83. The Kier molecular flexibility index (Phi) is 12.9. The number of carbonyl (C=O) groups is 3.